The molecule has 2 aliphatic carbocycles. The van der Waals surface area contributed by atoms with Crippen LogP contribution in [0.1, 0.15) is 40.7 Å². The number of aromatic nitrogens is 2. The van der Waals surface area contributed by atoms with Crippen LogP contribution in [0.15, 0.2) is 24.3 Å². The number of benzene rings is 1. The average Bonchev–Trinajstić information content (AvgIpc) is 3.02. The third-order valence-corrected chi connectivity index (χ3v) is 7.16. The molecule has 1 saturated heterocycles. The largest absolute Gasteiger partial charge is 0.369 e. The normalized spacial score (nSPS) is 29.7. The number of alkyl halides is 2. The Hall–Kier alpha value is -3.25. The zero-order valence-electron chi connectivity index (χ0n) is 17.7. The van der Waals surface area contributed by atoms with Gasteiger partial charge in [-0.25, -0.2) is 13.5 Å². The molecule has 2 fully saturated rings. The summed E-state index contributed by atoms with van der Waals surface area (Å²) in [4.78, 5) is 25.5. The fourth-order valence-corrected chi connectivity index (χ4v) is 4.97. The number of likely N-dealkylation sites (N-methyl/N-ethyl adjacent to an activating group) is 1. The van der Waals surface area contributed by atoms with Crippen molar-refractivity contribution in [3.8, 4) is 17.5 Å². The number of hydrogen-bond donors (Lipinski definition) is 2. The molecule has 0 bridgehead atoms. The van der Waals surface area contributed by atoms with Crippen molar-refractivity contribution >= 4 is 11.8 Å². The smallest absolute Gasteiger partial charge is 0.269 e. The van der Waals surface area contributed by atoms with E-state index in [0.29, 0.717) is 29.1 Å². The highest BCUT2D eigenvalue weighted by atomic mass is 19.3. The van der Waals surface area contributed by atoms with Gasteiger partial charge in [-0.3, -0.25) is 9.59 Å². The van der Waals surface area contributed by atoms with Gasteiger partial charge in [0.15, 0.2) is 5.69 Å². The molecule has 3 aliphatic rings. The van der Waals surface area contributed by atoms with E-state index < -0.39 is 34.7 Å². The van der Waals surface area contributed by atoms with Crippen LogP contribution >= 0.6 is 0 Å². The zero-order valence-corrected chi connectivity index (χ0v) is 17.7. The summed E-state index contributed by atoms with van der Waals surface area (Å²) < 4.78 is 30.3. The first-order valence-electron chi connectivity index (χ1n) is 10.4. The van der Waals surface area contributed by atoms with E-state index in [4.69, 9.17) is 5.73 Å². The molecule has 1 aromatic heterocycles. The van der Waals surface area contributed by atoms with Gasteiger partial charge in [-0.15, -0.1) is 0 Å². The minimum atomic E-state index is -2.80. The molecule has 9 heteroatoms. The maximum Gasteiger partial charge on any atom is 0.269 e. The minimum absolute atomic E-state index is 0.00939. The second-order valence-corrected chi connectivity index (χ2v) is 9.16. The Morgan fingerprint density at radius 1 is 1.38 bits per heavy atom. The maximum atomic E-state index is 14.4. The molecule has 0 radical (unpaired) electrons. The molecule has 166 valence electrons. The lowest BCUT2D eigenvalue weighted by Crippen LogP contribution is -2.37. The van der Waals surface area contributed by atoms with Gasteiger partial charge in [0.25, 0.3) is 17.7 Å². The van der Waals surface area contributed by atoms with Crippen LogP contribution in [-0.4, -0.2) is 56.7 Å². The minimum Gasteiger partial charge on any atom is -0.369 e. The van der Waals surface area contributed by atoms with Gasteiger partial charge >= 0.3 is 0 Å². The molecule has 1 unspecified atom stereocenters. The fourth-order valence-electron chi connectivity index (χ4n) is 4.97. The summed E-state index contributed by atoms with van der Waals surface area (Å²) in [5.41, 5.74) is 4.68. The topological polar surface area (TPSA) is 101 Å². The summed E-state index contributed by atoms with van der Waals surface area (Å²) in [5, 5.41) is 14.9. The van der Waals surface area contributed by atoms with Gasteiger partial charge in [0.1, 0.15) is 0 Å². The lowest BCUT2D eigenvalue weighted by molar-refractivity contribution is -0.137. The Labute approximate surface area is 183 Å². The van der Waals surface area contributed by atoms with Crippen molar-refractivity contribution in [1.82, 2.24) is 14.7 Å². The van der Waals surface area contributed by atoms with Crippen LogP contribution in [0.3, 0.4) is 0 Å². The summed E-state index contributed by atoms with van der Waals surface area (Å²) in [6.45, 7) is 1.98. The maximum absolute atomic E-state index is 14.4. The third-order valence-electron chi connectivity index (χ3n) is 7.16. The Bertz CT molecular complexity index is 1240. The number of nitrogens with two attached hydrogens (primary N) is 1. The number of likely N-dealkylation sites (tertiary alicyclic amines) is 1. The summed E-state index contributed by atoms with van der Waals surface area (Å²) in [6, 6.07) is 6.83. The number of primary amides is 1. The van der Waals surface area contributed by atoms with E-state index >= 15 is 0 Å². The van der Waals surface area contributed by atoms with Gasteiger partial charge < -0.3 is 15.7 Å². The van der Waals surface area contributed by atoms with Gasteiger partial charge in [-0.2, -0.15) is 5.10 Å². The van der Waals surface area contributed by atoms with Crippen LogP contribution in [0.4, 0.5) is 8.78 Å². The molecule has 5 rings (SSSR count). The molecule has 3 N–H and O–H groups in total. The highest BCUT2D eigenvalue weighted by molar-refractivity contribution is 5.93. The monoisotopic (exact) mass is 440 g/mol. The number of carbonyl (C=O) groups excluding carboxylic acids is 2. The fraction of sp³-hybridized carbons (Fsp3) is 0.435. The van der Waals surface area contributed by atoms with E-state index in [2.05, 4.69) is 16.9 Å². The van der Waals surface area contributed by atoms with E-state index in [1.807, 2.05) is 0 Å². The van der Waals surface area contributed by atoms with E-state index in [1.165, 1.54) is 9.58 Å². The van der Waals surface area contributed by atoms with Crippen LogP contribution in [-0.2, 0) is 17.6 Å². The second-order valence-electron chi connectivity index (χ2n) is 9.16. The molecule has 1 aliphatic heterocycles. The van der Waals surface area contributed by atoms with Crippen molar-refractivity contribution in [2.75, 3.05) is 13.6 Å². The molecular weight excluding hydrogens is 418 g/mol. The lowest BCUT2D eigenvalue weighted by atomic mass is 9.87. The highest BCUT2D eigenvalue weighted by Gasteiger charge is 2.78. The van der Waals surface area contributed by atoms with E-state index in [-0.39, 0.29) is 25.0 Å². The number of rotatable bonds is 2. The number of nitrogens with zero attached hydrogens (tertiary/aromatic N) is 3. The Morgan fingerprint density at radius 3 is 2.78 bits per heavy atom. The standard InChI is InChI=1S/C23H22F2N4O3/c1-21-12-16-15(11-17(21)23(21,24)25)18(19(26)30)27-29(16)14-5-3-4-13(10-14)6-7-22(32)8-9-28(2)20(22)31/h3-5,10,17,32H,8-9,11-12H2,1-2H3,(H2,26,30)/t17?,21-,22-/m0/s1. The predicted octanol–water partition coefficient (Wildman–Crippen LogP) is 1.29. The highest BCUT2D eigenvalue weighted by Crippen LogP contribution is 2.70. The number of amides is 2. The molecule has 2 aromatic rings. The van der Waals surface area contributed by atoms with Gasteiger partial charge in [-0.1, -0.05) is 24.8 Å². The van der Waals surface area contributed by atoms with Crippen LogP contribution < -0.4 is 5.73 Å². The van der Waals surface area contributed by atoms with Crippen molar-refractivity contribution in [2.24, 2.45) is 17.1 Å². The predicted molar refractivity (Wildman–Crippen MR) is 110 cm³/mol. The number of carbonyl (C=O) groups is 2. The van der Waals surface area contributed by atoms with Gasteiger partial charge in [0, 0.05) is 54.6 Å². The molecule has 7 nitrogen and oxygen atoms in total. The third kappa shape index (κ3) is 2.72. The second kappa shape index (κ2) is 6.39. The zero-order chi connectivity index (χ0) is 23.1. The lowest BCUT2D eigenvalue weighted by Gasteiger charge is -2.18. The summed E-state index contributed by atoms with van der Waals surface area (Å²) in [6.07, 6.45) is 0.355. The van der Waals surface area contributed by atoms with Gasteiger partial charge in [-0.05, 0) is 24.6 Å². The molecular formula is C23H22F2N4O3. The first-order chi connectivity index (χ1) is 15.0. The summed E-state index contributed by atoms with van der Waals surface area (Å²) >= 11 is 0. The number of hydrogen-bond acceptors (Lipinski definition) is 4. The Kier molecular flexibility index (Phi) is 4.12. The van der Waals surface area contributed by atoms with Crippen LogP contribution in [0.25, 0.3) is 5.69 Å². The van der Waals surface area contributed by atoms with Gasteiger partial charge in [0.05, 0.1) is 5.69 Å². The van der Waals surface area contributed by atoms with Crippen molar-refractivity contribution in [3.05, 3.63) is 46.8 Å². The Balaban J connectivity index is 1.54. The summed E-state index contributed by atoms with van der Waals surface area (Å²) in [7, 11) is 1.61. The first kappa shape index (κ1) is 20.6. The van der Waals surface area contributed by atoms with E-state index in [0.717, 1.165) is 0 Å². The van der Waals surface area contributed by atoms with Crippen LogP contribution in [0, 0.1) is 23.2 Å². The summed E-state index contributed by atoms with van der Waals surface area (Å²) in [5.74, 6) is 0.681. The number of aliphatic hydroxyl groups is 1. The van der Waals surface area contributed by atoms with Crippen molar-refractivity contribution in [1.29, 1.82) is 0 Å². The van der Waals surface area contributed by atoms with E-state index in [9.17, 15) is 23.5 Å². The van der Waals surface area contributed by atoms with Crippen LogP contribution in [0.5, 0.6) is 0 Å². The van der Waals surface area contributed by atoms with Crippen molar-refractivity contribution in [2.45, 2.75) is 37.7 Å². The van der Waals surface area contributed by atoms with Crippen LogP contribution in [0.2, 0.25) is 0 Å². The van der Waals surface area contributed by atoms with Crippen molar-refractivity contribution in [3.63, 3.8) is 0 Å². The molecule has 2 heterocycles. The van der Waals surface area contributed by atoms with Crippen molar-refractivity contribution < 1.29 is 23.5 Å². The SMILES string of the molecule is CN1CC[C@@](O)(C#Cc2cccc(-n3nc(C(N)=O)c4c3C[C@@]3(C)C(C4)C3(F)F)c2)C1=O. The Morgan fingerprint density at radius 2 is 2.12 bits per heavy atom. The molecule has 1 aromatic carbocycles. The number of halogens is 2. The van der Waals surface area contributed by atoms with Gasteiger partial charge in [0.2, 0.25) is 5.60 Å². The first-order valence-corrected chi connectivity index (χ1v) is 10.4. The number of fused-ring (bicyclic) bond motifs is 2. The molecule has 2 amide bonds. The molecule has 0 spiro atoms. The molecule has 32 heavy (non-hydrogen) atoms. The van der Waals surface area contributed by atoms with E-state index in [1.54, 1.807) is 38.2 Å². The molecule has 1 saturated carbocycles. The average molecular weight is 440 g/mol. The quantitative estimate of drug-likeness (QED) is 0.687. The molecule has 3 atom stereocenters.